The third-order valence-corrected chi connectivity index (χ3v) is 4.16. The number of rotatable bonds is 1. The number of benzene rings is 1. The lowest BCUT2D eigenvalue weighted by Gasteiger charge is -2.22. The van der Waals surface area contributed by atoms with Crippen LogP contribution in [0.2, 0.25) is 5.02 Å². The Balaban J connectivity index is 2.34. The summed E-state index contributed by atoms with van der Waals surface area (Å²) in [5, 5.41) is 0.668. The molecule has 0 saturated carbocycles. The van der Waals surface area contributed by atoms with Crippen molar-refractivity contribution in [3.8, 4) is 0 Å². The maximum Gasteiger partial charge on any atom is 0.417 e. The minimum absolute atomic E-state index is 0.0512. The predicted molar refractivity (Wildman–Crippen MR) is 87.3 cm³/mol. The molecule has 25 heavy (non-hydrogen) atoms. The highest BCUT2D eigenvalue weighted by Crippen LogP contribution is 2.41. The number of hydrogen-bond acceptors (Lipinski definition) is 4. The highest BCUT2D eigenvalue weighted by molar-refractivity contribution is 6.37. The van der Waals surface area contributed by atoms with Gasteiger partial charge in [-0.05, 0) is 31.2 Å². The molecule has 2 N–H and O–H groups in total. The number of benzodiazepines with no additional fused rings is 1. The second-order valence-electron chi connectivity index (χ2n) is 5.63. The first-order chi connectivity index (χ1) is 11.7. The number of alkyl halides is 3. The zero-order valence-corrected chi connectivity index (χ0v) is 13.7. The zero-order chi connectivity index (χ0) is 18.4. The Kier molecular flexibility index (Phi) is 4.42. The number of aliphatic imine (C=N–C) groups is 1. The predicted octanol–water partition coefficient (Wildman–Crippen LogP) is 3.81. The molecular weight excluding hydrogens is 360 g/mol. The van der Waals surface area contributed by atoms with Crippen LogP contribution in [0.3, 0.4) is 0 Å². The molecule has 0 spiro atoms. The highest BCUT2D eigenvalue weighted by atomic mass is 35.5. The third-order valence-electron chi connectivity index (χ3n) is 3.76. The molecule has 0 amide bonds. The van der Waals surface area contributed by atoms with Crippen LogP contribution in [0.4, 0.5) is 23.2 Å². The second-order valence-corrected chi connectivity index (χ2v) is 6.01. The lowest BCUT2D eigenvalue weighted by atomic mass is 10.0. The second kappa shape index (κ2) is 6.27. The summed E-state index contributed by atoms with van der Waals surface area (Å²) in [6.45, 7) is 1.94. The van der Waals surface area contributed by atoms with Gasteiger partial charge in [-0.3, -0.25) is 9.98 Å². The Bertz CT molecular complexity index is 851. The molecule has 0 unspecified atom stereocenters. The van der Waals surface area contributed by atoms with Crippen LogP contribution in [0.15, 0.2) is 35.5 Å². The number of hydrazine groups is 1. The molecule has 2 aromatic rings. The highest BCUT2D eigenvalue weighted by Gasteiger charge is 2.37. The van der Waals surface area contributed by atoms with E-state index in [1.807, 2.05) is 0 Å². The molecule has 1 aliphatic heterocycles. The maximum atomic E-state index is 14.2. The topological polar surface area (TPSA) is 54.5 Å². The SMILES string of the molecule is C[C@H]1CN(N)c2ccc(C(F)(F)F)c(Cl)c2C(c2ncccc2F)=N1. The number of halogens is 5. The number of aromatic nitrogens is 1. The van der Waals surface area contributed by atoms with Crippen molar-refractivity contribution in [3.63, 3.8) is 0 Å². The molecule has 0 radical (unpaired) electrons. The number of nitrogens with zero attached hydrogens (tertiary/aromatic N) is 3. The Morgan fingerprint density at radius 3 is 2.64 bits per heavy atom. The van der Waals surface area contributed by atoms with Crippen LogP contribution < -0.4 is 10.9 Å². The number of nitrogens with two attached hydrogens (primary N) is 1. The maximum absolute atomic E-state index is 14.2. The molecular formula is C16H13ClF4N4. The summed E-state index contributed by atoms with van der Waals surface area (Å²) >= 11 is 6.06. The van der Waals surface area contributed by atoms with Gasteiger partial charge in [-0.15, -0.1) is 0 Å². The fourth-order valence-corrected chi connectivity index (χ4v) is 3.05. The van der Waals surface area contributed by atoms with Crippen LogP contribution >= 0.6 is 11.6 Å². The van der Waals surface area contributed by atoms with E-state index in [4.69, 9.17) is 17.4 Å². The van der Waals surface area contributed by atoms with Crippen LogP contribution in [0.25, 0.3) is 0 Å². The molecule has 9 heteroatoms. The fraction of sp³-hybridized carbons (Fsp3) is 0.250. The van der Waals surface area contributed by atoms with E-state index in [0.29, 0.717) is 0 Å². The number of fused-ring (bicyclic) bond motifs is 1. The van der Waals surface area contributed by atoms with Gasteiger partial charge in [0.15, 0.2) is 5.82 Å². The summed E-state index contributed by atoms with van der Waals surface area (Å²) < 4.78 is 54.0. The molecule has 0 aliphatic carbocycles. The van der Waals surface area contributed by atoms with Gasteiger partial charge in [0.1, 0.15) is 5.69 Å². The van der Waals surface area contributed by atoms with E-state index >= 15 is 0 Å². The van der Waals surface area contributed by atoms with Gasteiger partial charge in [-0.25, -0.2) is 10.2 Å². The van der Waals surface area contributed by atoms with E-state index in [2.05, 4.69) is 9.98 Å². The summed E-state index contributed by atoms with van der Waals surface area (Å²) in [5.41, 5.74) is -1.12. The third kappa shape index (κ3) is 3.19. The molecule has 0 fully saturated rings. The smallest absolute Gasteiger partial charge is 0.308 e. The molecule has 0 saturated heterocycles. The van der Waals surface area contributed by atoms with Crippen LogP contribution in [-0.2, 0) is 6.18 Å². The molecule has 2 heterocycles. The lowest BCUT2D eigenvalue weighted by Crippen LogP contribution is -2.36. The standard InChI is InChI=1S/C16H13ClF4N4/c1-8-7-25(22)11-5-4-9(16(19,20)21)13(17)12(11)15(24-8)14-10(18)3-2-6-23-14/h2-6,8H,7,22H2,1H3/t8-/m0/s1. The Morgan fingerprint density at radius 2 is 2.00 bits per heavy atom. The minimum Gasteiger partial charge on any atom is -0.308 e. The van der Waals surface area contributed by atoms with Crippen molar-refractivity contribution in [2.45, 2.75) is 19.1 Å². The van der Waals surface area contributed by atoms with Crippen LogP contribution in [0.1, 0.15) is 23.7 Å². The summed E-state index contributed by atoms with van der Waals surface area (Å²) in [5.74, 6) is 5.24. The molecule has 132 valence electrons. The van der Waals surface area contributed by atoms with Gasteiger partial charge < -0.3 is 5.01 Å². The summed E-state index contributed by atoms with van der Waals surface area (Å²) in [7, 11) is 0. The van der Waals surface area contributed by atoms with Crippen molar-refractivity contribution in [1.82, 2.24) is 4.98 Å². The largest absolute Gasteiger partial charge is 0.417 e. The van der Waals surface area contributed by atoms with Crippen molar-refractivity contribution in [3.05, 3.63) is 58.1 Å². The van der Waals surface area contributed by atoms with Gasteiger partial charge in [-0.2, -0.15) is 13.2 Å². The van der Waals surface area contributed by atoms with Gasteiger partial charge >= 0.3 is 6.18 Å². The Hall–Kier alpha value is -2.19. The van der Waals surface area contributed by atoms with Crippen molar-refractivity contribution >= 4 is 23.0 Å². The fourth-order valence-electron chi connectivity index (χ4n) is 2.70. The van der Waals surface area contributed by atoms with E-state index in [0.717, 1.165) is 12.1 Å². The monoisotopic (exact) mass is 372 g/mol. The average molecular weight is 373 g/mol. The molecule has 3 rings (SSSR count). The number of hydrogen-bond donors (Lipinski definition) is 1. The zero-order valence-electron chi connectivity index (χ0n) is 13.0. The Morgan fingerprint density at radius 1 is 1.28 bits per heavy atom. The first-order valence-electron chi connectivity index (χ1n) is 7.31. The van der Waals surface area contributed by atoms with Crippen LogP contribution in [0, 0.1) is 5.82 Å². The van der Waals surface area contributed by atoms with Crippen molar-refractivity contribution in [2.75, 3.05) is 11.6 Å². The molecule has 1 aromatic carbocycles. The minimum atomic E-state index is -4.67. The van der Waals surface area contributed by atoms with E-state index in [1.54, 1.807) is 6.92 Å². The van der Waals surface area contributed by atoms with Gasteiger partial charge in [0, 0.05) is 11.8 Å². The Labute approximate surface area is 145 Å². The van der Waals surface area contributed by atoms with Crippen LogP contribution in [-0.4, -0.2) is 23.3 Å². The van der Waals surface area contributed by atoms with Gasteiger partial charge in [0.2, 0.25) is 0 Å². The van der Waals surface area contributed by atoms with E-state index in [9.17, 15) is 17.6 Å². The van der Waals surface area contributed by atoms with Gasteiger partial charge in [-0.1, -0.05) is 11.6 Å². The average Bonchev–Trinajstić information content (AvgIpc) is 2.64. The van der Waals surface area contributed by atoms with Gasteiger partial charge in [0.25, 0.3) is 0 Å². The molecule has 0 bridgehead atoms. The van der Waals surface area contributed by atoms with Crippen molar-refractivity contribution in [2.24, 2.45) is 10.8 Å². The number of anilines is 1. The van der Waals surface area contributed by atoms with E-state index in [1.165, 1.54) is 23.3 Å². The summed E-state index contributed by atoms with van der Waals surface area (Å²) in [6, 6.07) is 4.19. The molecule has 1 aromatic heterocycles. The summed E-state index contributed by atoms with van der Waals surface area (Å²) in [4.78, 5) is 8.25. The van der Waals surface area contributed by atoms with E-state index in [-0.39, 0.29) is 29.2 Å². The van der Waals surface area contributed by atoms with Crippen molar-refractivity contribution in [1.29, 1.82) is 0 Å². The lowest BCUT2D eigenvalue weighted by molar-refractivity contribution is -0.137. The van der Waals surface area contributed by atoms with E-state index < -0.39 is 28.6 Å². The normalized spacial score (nSPS) is 17.8. The van der Waals surface area contributed by atoms with Crippen LogP contribution in [0.5, 0.6) is 0 Å². The first-order valence-corrected chi connectivity index (χ1v) is 7.69. The van der Waals surface area contributed by atoms with Gasteiger partial charge in [0.05, 0.1) is 34.6 Å². The molecule has 4 nitrogen and oxygen atoms in total. The summed E-state index contributed by atoms with van der Waals surface area (Å²) in [6.07, 6.45) is -3.34. The molecule has 1 atom stereocenters. The molecule has 1 aliphatic rings. The van der Waals surface area contributed by atoms with Crippen molar-refractivity contribution < 1.29 is 17.6 Å². The number of pyridine rings is 1. The quantitative estimate of drug-likeness (QED) is 0.611. The first kappa shape index (κ1) is 17.6.